The van der Waals surface area contributed by atoms with E-state index in [9.17, 15) is 18.0 Å². The zero-order chi connectivity index (χ0) is 20.6. The van der Waals surface area contributed by atoms with Crippen LogP contribution in [0.3, 0.4) is 0 Å². The third kappa shape index (κ3) is 3.23. The number of likely N-dealkylation sites (tertiary alicyclic amines) is 1. The lowest BCUT2D eigenvalue weighted by molar-refractivity contribution is -0.116. The summed E-state index contributed by atoms with van der Waals surface area (Å²) in [6.45, 7) is 2.65. The smallest absolute Gasteiger partial charge is 0.253 e. The van der Waals surface area contributed by atoms with Crippen molar-refractivity contribution in [3.8, 4) is 0 Å². The first kappa shape index (κ1) is 19.6. The number of aryl methyl sites for hydroxylation is 1. The number of nitrogens with zero attached hydrogens (tertiary/aromatic N) is 2. The number of carbonyl (C=O) groups is 2. The van der Waals surface area contributed by atoms with Crippen LogP contribution >= 0.6 is 0 Å². The summed E-state index contributed by atoms with van der Waals surface area (Å²) in [5, 5.41) is 0. The zero-order valence-corrected chi connectivity index (χ0v) is 17.2. The second kappa shape index (κ2) is 7.30. The Morgan fingerprint density at radius 2 is 1.62 bits per heavy atom. The van der Waals surface area contributed by atoms with Crippen molar-refractivity contribution in [1.82, 2.24) is 4.90 Å². The van der Waals surface area contributed by atoms with Crippen molar-refractivity contribution in [2.45, 2.75) is 31.1 Å². The summed E-state index contributed by atoms with van der Waals surface area (Å²) in [5.41, 5.74) is 2.35. The van der Waals surface area contributed by atoms with E-state index in [-0.39, 0.29) is 18.7 Å². The molecule has 1 spiro atoms. The fourth-order valence-corrected chi connectivity index (χ4v) is 6.36. The minimum atomic E-state index is -3.64. The Hall–Kier alpha value is -2.67. The summed E-state index contributed by atoms with van der Waals surface area (Å²) in [4.78, 5) is 27.4. The Morgan fingerprint density at radius 3 is 2.21 bits per heavy atom. The lowest BCUT2D eigenvalue weighted by Gasteiger charge is -2.43. The van der Waals surface area contributed by atoms with E-state index >= 15 is 0 Å². The zero-order valence-electron chi connectivity index (χ0n) is 16.4. The van der Waals surface area contributed by atoms with Gasteiger partial charge < -0.3 is 4.90 Å². The molecule has 2 saturated heterocycles. The maximum atomic E-state index is 13.0. The highest BCUT2D eigenvalue weighted by Crippen LogP contribution is 2.42. The standard InChI is InChI=1S/C22H24N2O4S/c1-2-17-8-10-18(11-9-17)21(26)23-14-12-22(13-15-23)24(19-6-4-3-5-7-19)20(25)16-29(22,27)28/h3-11H,2,12-16H2,1H3. The van der Waals surface area contributed by atoms with Gasteiger partial charge in [0.1, 0.15) is 5.75 Å². The third-order valence-corrected chi connectivity index (χ3v) is 8.38. The molecule has 0 unspecified atom stereocenters. The van der Waals surface area contributed by atoms with Gasteiger partial charge in [-0.3, -0.25) is 14.5 Å². The molecule has 2 heterocycles. The number of piperidine rings is 1. The van der Waals surface area contributed by atoms with Crippen LogP contribution in [-0.4, -0.2) is 48.8 Å². The number of rotatable bonds is 3. The number of amides is 2. The van der Waals surface area contributed by atoms with Gasteiger partial charge in [0.15, 0.2) is 14.7 Å². The average Bonchev–Trinajstić information content (AvgIpc) is 2.93. The van der Waals surface area contributed by atoms with Gasteiger partial charge in [-0.05, 0) is 36.2 Å². The first-order chi connectivity index (χ1) is 13.9. The number of sulfone groups is 1. The third-order valence-electron chi connectivity index (χ3n) is 6.00. The number of carbonyl (C=O) groups excluding carboxylic acids is 2. The van der Waals surface area contributed by atoms with Crippen LogP contribution in [0.1, 0.15) is 35.7 Å². The van der Waals surface area contributed by atoms with Crippen LogP contribution in [-0.2, 0) is 21.1 Å². The molecule has 6 nitrogen and oxygen atoms in total. The minimum Gasteiger partial charge on any atom is -0.338 e. The quantitative estimate of drug-likeness (QED) is 0.777. The van der Waals surface area contributed by atoms with Crippen molar-refractivity contribution in [3.63, 3.8) is 0 Å². The van der Waals surface area contributed by atoms with Gasteiger partial charge in [0, 0.05) is 37.2 Å². The summed E-state index contributed by atoms with van der Waals surface area (Å²) in [6.07, 6.45) is 1.34. The molecule has 0 aliphatic carbocycles. The monoisotopic (exact) mass is 412 g/mol. The molecular formula is C22H24N2O4S. The molecule has 2 amide bonds. The van der Waals surface area contributed by atoms with E-state index in [1.54, 1.807) is 29.2 Å². The molecule has 2 aromatic rings. The summed E-state index contributed by atoms with van der Waals surface area (Å²) < 4.78 is 26.0. The molecule has 0 atom stereocenters. The second-order valence-electron chi connectivity index (χ2n) is 7.61. The molecule has 0 N–H and O–H groups in total. The highest BCUT2D eigenvalue weighted by Gasteiger charge is 2.59. The molecule has 7 heteroatoms. The molecule has 2 aromatic carbocycles. The van der Waals surface area contributed by atoms with Crippen LogP contribution in [0, 0.1) is 0 Å². The van der Waals surface area contributed by atoms with Crippen LogP contribution in [0.25, 0.3) is 0 Å². The molecule has 152 valence electrons. The van der Waals surface area contributed by atoms with E-state index in [4.69, 9.17) is 0 Å². The van der Waals surface area contributed by atoms with E-state index in [2.05, 4.69) is 6.92 Å². The Morgan fingerprint density at radius 1 is 1.00 bits per heavy atom. The van der Waals surface area contributed by atoms with Gasteiger partial charge in [0.2, 0.25) is 5.91 Å². The van der Waals surface area contributed by atoms with Gasteiger partial charge in [-0.2, -0.15) is 0 Å². The summed E-state index contributed by atoms with van der Waals surface area (Å²) in [7, 11) is -3.64. The molecule has 0 bridgehead atoms. The molecule has 0 radical (unpaired) electrons. The number of hydrogen-bond donors (Lipinski definition) is 0. The molecule has 0 aromatic heterocycles. The highest BCUT2D eigenvalue weighted by atomic mass is 32.2. The molecule has 4 rings (SSSR count). The number of benzene rings is 2. The normalized spacial score (nSPS) is 20.2. The van der Waals surface area contributed by atoms with Gasteiger partial charge >= 0.3 is 0 Å². The second-order valence-corrected chi connectivity index (χ2v) is 9.89. The Kier molecular flexibility index (Phi) is 4.94. The van der Waals surface area contributed by atoms with Crippen molar-refractivity contribution in [1.29, 1.82) is 0 Å². The minimum absolute atomic E-state index is 0.101. The van der Waals surface area contributed by atoms with Gasteiger partial charge in [-0.15, -0.1) is 0 Å². The van der Waals surface area contributed by atoms with Crippen molar-refractivity contribution in [3.05, 3.63) is 65.7 Å². The summed E-state index contributed by atoms with van der Waals surface area (Å²) in [5.74, 6) is -0.976. The average molecular weight is 413 g/mol. The Labute approximate surface area is 171 Å². The molecular weight excluding hydrogens is 388 g/mol. The SMILES string of the molecule is CCc1ccc(C(=O)N2CCC3(CC2)N(c2ccccc2)C(=O)CS3(=O)=O)cc1. The van der Waals surface area contributed by atoms with Crippen molar-refractivity contribution < 1.29 is 18.0 Å². The van der Waals surface area contributed by atoms with Crippen LogP contribution in [0.5, 0.6) is 0 Å². The number of hydrogen-bond acceptors (Lipinski definition) is 4. The number of para-hydroxylation sites is 1. The predicted molar refractivity (Wildman–Crippen MR) is 111 cm³/mol. The highest BCUT2D eigenvalue weighted by molar-refractivity contribution is 7.94. The fourth-order valence-electron chi connectivity index (χ4n) is 4.34. The Bertz CT molecular complexity index is 1020. The van der Waals surface area contributed by atoms with Gasteiger partial charge in [-0.25, -0.2) is 8.42 Å². The van der Waals surface area contributed by atoms with E-state index < -0.39 is 26.4 Å². The first-order valence-electron chi connectivity index (χ1n) is 9.86. The van der Waals surface area contributed by atoms with Crippen molar-refractivity contribution in [2.75, 3.05) is 23.7 Å². The maximum Gasteiger partial charge on any atom is 0.253 e. The molecule has 29 heavy (non-hydrogen) atoms. The van der Waals surface area contributed by atoms with Crippen LogP contribution < -0.4 is 4.90 Å². The van der Waals surface area contributed by atoms with E-state index in [1.165, 1.54) is 4.90 Å². The molecule has 2 aliphatic rings. The molecule has 2 aliphatic heterocycles. The largest absolute Gasteiger partial charge is 0.338 e. The topological polar surface area (TPSA) is 74.8 Å². The molecule has 0 saturated carbocycles. The lowest BCUT2D eigenvalue weighted by atomic mass is 10.00. The number of anilines is 1. The fraction of sp³-hybridized carbons (Fsp3) is 0.364. The lowest BCUT2D eigenvalue weighted by Crippen LogP contribution is -2.57. The van der Waals surface area contributed by atoms with E-state index in [1.807, 2.05) is 30.3 Å². The van der Waals surface area contributed by atoms with Gasteiger partial charge in [0.05, 0.1) is 0 Å². The van der Waals surface area contributed by atoms with E-state index in [0.29, 0.717) is 24.3 Å². The van der Waals surface area contributed by atoms with Crippen LogP contribution in [0.2, 0.25) is 0 Å². The van der Waals surface area contributed by atoms with Crippen molar-refractivity contribution in [2.24, 2.45) is 0 Å². The van der Waals surface area contributed by atoms with Gasteiger partial charge in [-0.1, -0.05) is 37.3 Å². The first-order valence-corrected chi connectivity index (χ1v) is 11.5. The maximum absolute atomic E-state index is 13.0. The van der Waals surface area contributed by atoms with E-state index in [0.717, 1.165) is 12.0 Å². The van der Waals surface area contributed by atoms with Crippen molar-refractivity contribution >= 4 is 27.3 Å². The van der Waals surface area contributed by atoms with Crippen LogP contribution in [0.4, 0.5) is 5.69 Å². The molecule has 2 fully saturated rings. The predicted octanol–water partition coefficient (Wildman–Crippen LogP) is 2.64. The van der Waals surface area contributed by atoms with Gasteiger partial charge in [0.25, 0.3) is 5.91 Å². The Balaban J connectivity index is 1.58. The summed E-state index contributed by atoms with van der Waals surface area (Å²) in [6, 6.07) is 16.4. The summed E-state index contributed by atoms with van der Waals surface area (Å²) >= 11 is 0. The van der Waals surface area contributed by atoms with Crippen LogP contribution in [0.15, 0.2) is 54.6 Å².